The van der Waals surface area contributed by atoms with Crippen LogP contribution in [-0.4, -0.2) is 22.2 Å². The highest BCUT2D eigenvalue weighted by molar-refractivity contribution is 6.58. The zero-order valence-electron chi connectivity index (χ0n) is 14.8. The first-order valence-electron chi connectivity index (χ1n) is 8.38. The van der Waals surface area contributed by atoms with Gasteiger partial charge in [-0.05, 0) is 45.8 Å². The number of benzene rings is 2. The van der Waals surface area contributed by atoms with Crippen LogP contribution in [0.3, 0.4) is 0 Å². The highest BCUT2D eigenvalue weighted by Gasteiger charge is 2.20. The van der Waals surface area contributed by atoms with E-state index in [-0.39, 0.29) is 5.41 Å². The van der Waals surface area contributed by atoms with E-state index in [1.165, 1.54) is 0 Å². The van der Waals surface area contributed by atoms with Crippen molar-refractivity contribution < 1.29 is 10.0 Å². The number of aromatic nitrogens is 1. The molecule has 4 heteroatoms. The summed E-state index contributed by atoms with van der Waals surface area (Å²) in [6.45, 7) is 6.31. The fourth-order valence-corrected chi connectivity index (χ4v) is 2.78. The van der Waals surface area contributed by atoms with Crippen LogP contribution in [0.4, 0.5) is 0 Å². The smallest absolute Gasteiger partial charge is 0.423 e. The lowest BCUT2D eigenvalue weighted by Crippen LogP contribution is -2.31. The van der Waals surface area contributed by atoms with Crippen LogP contribution in [0.2, 0.25) is 0 Å². The van der Waals surface area contributed by atoms with Gasteiger partial charge in [-0.3, -0.25) is 4.98 Å². The van der Waals surface area contributed by atoms with Gasteiger partial charge < -0.3 is 10.0 Å². The molecule has 1 heterocycles. The number of hydrogen-bond acceptors (Lipinski definition) is 3. The Hall–Kier alpha value is -2.43. The average molecular weight is 331 g/mol. The Morgan fingerprint density at radius 1 is 0.800 bits per heavy atom. The topological polar surface area (TPSA) is 53.4 Å². The van der Waals surface area contributed by atoms with Crippen molar-refractivity contribution in [3.8, 4) is 22.4 Å². The Labute approximate surface area is 149 Å². The monoisotopic (exact) mass is 331 g/mol. The Morgan fingerprint density at radius 2 is 1.52 bits per heavy atom. The summed E-state index contributed by atoms with van der Waals surface area (Å²) in [5, 5.41) is 19.3. The van der Waals surface area contributed by atoms with E-state index < -0.39 is 7.12 Å². The number of nitrogens with zero attached hydrogens (tertiary/aromatic N) is 1. The number of hydrogen-bond donors (Lipinski definition) is 2. The molecule has 0 unspecified atom stereocenters. The van der Waals surface area contributed by atoms with E-state index in [4.69, 9.17) is 0 Å². The van der Waals surface area contributed by atoms with Crippen molar-refractivity contribution in [1.82, 2.24) is 4.98 Å². The maximum absolute atomic E-state index is 9.65. The first kappa shape index (κ1) is 17.4. The molecule has 0 spiro atoms. The quantitative estimate of drug-likeness (QED) is 0.724. The molecular formula is C21H22BNO2. The Bertz CT molecular complexity index is 871. The number of pyridine rings is 1. The summed E-state index contributed by atoms with van der Waals surface area (Å²) in [5.74, 6) is 0. The van der Waals surface area contributed by atoms with Gasteiger partial charge in [-0.1, -0.05) is 63.2 Å². The summed E-state index contributed by atoms with van der Waals surface area (Å²) in [6, 6.07) is 19.9. The van der Waals surface area contributed by atoms with Crippen molar-refractivity contribution >= 4 is 12.6 Å². The molecule has 0 radical (unpaired) electrons. The second-order valence-corrected chi connectivity index (χ2v) is 7.26. The molecule has 2 N–H and O–H groups in total. The standard InChI is InChI=1S/C21H22BNO2/c1-21(2,3)18-11-17(12-19(14-18)22(24)25)20-13-16(9-10-23-20)15-7-5-4-6-8-15/h4-14,24-25H,1-3H3. The molecule has 25 heavy (non-hydrogen) atoms. The second-order valence-electron chi connectivity index (χ2n) is 7.26. The molecule has 3 nitrogen and oxygen atoms in total. The predicted molar refractivity (Wildman–Crippen MR) is 104 cm³/mol. The third-order valence-electron chi connectivity index (χ3n) is 4.28. The van der Waals surface area contributed by atoms with Gasteiger partial charge in [0.2, 0.25) is 0 Å². The van der Waals surface area contributed by atoms with Crippen LogP contribution in [0.25, 0.3) is 22.4 Å². The second kappa shape index (κ2) is 6.83. The molecule has 0 bridgehead atoms. The van der Waals surface area contributed by atoms with Gasteiger partial charge in [0.05, 0.1) is 5.69 Å². The van der Waals surface area contributed by atoms with Crippen LogP contribution in [0, 0.1) is 0 Å². The molecule has 0 fully saturated rings. The van der Waals surface area contributed by atoms with E-state index in [1.54, 1.807) is 12.3 Å². The largest absolute Gasteiger partial charge is 0.488 e. The predicted octanol–water partition coefficient (Wildman–Crippen LogP) is 3.39. The lowest BCUT2D eigenvalue weighted by Gasteiger charge is -2.21. The van der Waals surface area contributed by atoms with E-state index in [9.17, 15) is 10.0 Å². The van der Waals surface area contributed by atoms with Crippen molar-refractivity contribution in [3.05, 3.63) is 72.4 Å². The van der Waals surface area contributed by atoms with Crippen LogP contribution >= 0.6 is 0 Å². The summed E-state index contributed by atoms with van der Waals surface area (Å²) >= 11 is 0. The molecular weight excluding hydrogens is 309 g/mol. The van der Waals surface area contributed by atoms with Crippen LogP contribution in [0.15, 0.2) is 66.9 Å². The molecule has 3 aromatic rings. The van der Waals surface area contributed by atoms with Crippen molar-refractivity contribution in [2.75, 3.05) is 0 Å². The van der Waals surface area contributed by atoms with Gasteiger partial charge in [-0.15, -0.1) is 0 Å². The van der Waals surface area contributed by atoms with Crippen LogP contribution in [0.1, 0.15) is 26.3 Å². The fourth-order valence-electron chi connectivity index (χ4n) is 2.78. The van der Waals surface area contributed by atoms with Gasteiger partial charge in [0.15, 0.2) is 0 Å². The summed E-state index contributed by atoms with van der Waals surface area (Å²) in [5.41, 5.74) is 5.33. The SMILES string of the molecule is CC(C)(C)c1cc(B(O)O)cc(-c2cc(-c3ccccc3)ccn2)c1. The normalized spacial score (nSPS) is 11.4. The third kappa shape index (κ3) is 3.98. The number of rotatable bonds is 3. The summed E-state index contributed by atoms with van der Waals surface area (Å²) in [6.07, 6.45) is 1.79. The van der Waals surface area contributed by atoms with Crippen LogP contribution in [0.5, 0.6) is 0 Å². The maximum atomic E-state index is 9.65. The van der Waals surface area contributed by atoms with E-state index in [1.807, 2.05) is 36.4 Å². The first-order chi connectivity index (χ1) is 11.8. The summed E-state index contributed by atoms with van der Waals surface area (Å²) < 4.78 is 0. The molecule has 0 aliphatic rings. The lowest BCUT2D eigenvalue weighted by atomic mass is 9.75. The fraction of sp³-hybridized carbons (Fsp3) is 0.190. The third-order valence-corrected chi connectivity index (χ3v) is 4.28. The average Bonchev–Trinajstić information content (AvgIpc) is 2.61. The molecule has 1 aromatic heterocycles. The molecule has 0 aliphatic heterocycles. The Balaban J connectivity index is 2.12. The minimum absolute atomic E-state index is 0.101. The minimum Gasteiger partial charge on any atom is -0.423 e. The molecule has 0 saturated carbocycles. The molecule has 0 atom stereocenters. The Morgan fingerprint density at radius 3 is 2.16 bits per heavy atom. The van der Waals surface area contributed by atoms with Gasteiger partial charge in [-0.25, -0.2) is 0 Å². The van der Waals surface area contributed by atoms with Crippen LogP contribution in [-0.2, 0) is 5.41 Å². The van der Waals surface area contributed by atoms with Crippen molar-refractivity contribution in [3.63, 3.8) is 0 Å². The van der Waals surface area contributed by atoms with Crippen LogP contribution < -0.4 is 5.46 Å². The minimum atomic E-state index is -1.50. The zero-order chi connectivity index (χ0) is 18.0. The van der Waals surface area contributed by atoms with Gasteiger partial charge in [0.25, 0.3) is 0 Å². The van der Waals surface area contributed by atoms with Gasteiger partial charge in [0, 0.05) is 11.8 Å². The molecule has 126 valence electrons. The van der Waals surface area contributed by atoms with Crippen molar-refractivity contribution in [2.45, 2.75) is 26.2 Å². The maximum Gasteiger partial charge on any atom is 0.488 e. The van der Waals surface area contributed by atoms with Crippen molar-refractivity contribution in [2.24, 2.45) is 0 Å². The van der Waals surface area contributed by atoms with Gasteiger partial charge >= 0.3 is 7.12 Å². The van der Waals surface area contributed by atoms with Gasteiger partial charge in [0.1, 0.15) is 0 Å². The van der Waals surface area contributed by atoms with E-state index >= 15 is 0 Å². The first-order valence-corrected chi connectivity index (χ1v) is 8.38. The molecule has 0 amide bonds. The summed E-state index contributed by atoms with van der Waals surface area (Å²) in [4.78, 5) is 4.50. The zero-order valence-corrected chi connectivity index (χ0v) is 14.8. The Kier molecular flexibility index (Phi) is 4.75. The van der Waals surface area contributed by atoms with E-state index in [0.717, 1.165) is 27.9 Å². The molecule has 3 rings (SSSR count). The van der Waals surface area contributed by atoms with Crippen molar-refractivity contribution in [1.29, 1.82) is 0 Å². The molecule has 2 aromatic carbocycles. The summed E-state index contributed by atoms with van der Waals surface area (Å²) in [7, 11) is -1.50. The van der Waals surface area contributed by atoms with Gasteiger partial charge in [-0.2, -0.15) is 0 Å². The molecule has 0 aliphatic carbocycles. The highest BCUT2D eigenvalue weighted by Crippen LogP contribution is 2.28. The molecule has 0 saturated heterocycles. The lowest BCUT2D eigenvalue weighted by molar-refractivity contribution is 0.425. The van der Waals surface area contributed by atoms with E-state index in [0.29, 0.717) is 5.46 Å². The highest BCUT2D eigenvalue weighted by atomic mass is 16.4. The van der Waals surface area contributed by atoms with E-state index in [2.05, 4.69) is 44.0 Å².